The topological polar surface area (TPSA) is 32.3 Å². The highest BCUT2D eigenvalue weighted by molar-refractivity contribution is 5.89. The number of rotatable bonds is 2. The highest BCUT2D eigenvalue weighted by atomic mass is 19.1. The molecule has 20 heavy (non-hydrogen) atoms. The number of anilines is 1. The van der Waals surface area contributed by atoms with Gasteiger partial charge in [0.1, 0.15) is 11.6 Å². The molecular formula is C15H20F2N2O. The van der Waals surface area contributed by atoms with Crippen molar-refractivity contribution in [3.8, 4) is 0 Å². The van der Waals surface area contributed by atoms with Crippen LogP contribution in [0.1, 0.15) is 33.1 Å². The van der Waals surface area contributed by atoms with Gasteiger partial charge in [0.05, 0.1) is 0 Å². The third-order valence-electron chi connectivity index (χ3n) is 3.69. The first kappa shape index (κ1) is 14.8. The number of urea groups is 1. The molecule has 0 saturated carbocycles. The van der Waals surface area contributed by atoms with E-state index >= 15 is 0 Å². The van der Waals surface area contributed by atoms with Crippen molar-refractivity contribution in [1.82, 2.24) is 4.90 Å². The number of halogens is 2. The fourth-order valence-corrected chi connectivity index (χ4v) is 2.72. The molecule has 1 saturated heterocycles. The number of hydrogen-bond acceptors (Lipinski definition) is 1. The normalized spacial score (nSPS) is 19.2. The van der Waals surface area contributed by atoms with Gasteiger partial charge in [-0.2, -0.15) is 0 Å². The predicted octanol–water partition coefficient (Wildman–Crippen LogP) is 4.01. The summed E-state index contributed by atoms with van der Waals surface area (Å²) in [7, 11) is 0. The van der Waals surface area contributed by atoms with Crippen LogP contribution in [0.15, 0.2) is 18.2 Å². The van der Waals surface area contributed by atoms with Crippen LogP contribution < -0.4 is 5.32 Å². The van der Waals surface area contributed by atoms with Crippen molar-refractivity contribution in [2.45, 2.75) is 39.2 Å². The van der Waals surface area contributed by atoms with Gasteiger partial charge in [0.15, 0.2) is 0 Å². The molecule has 110 valence electrons. The van der Waals surface area contributed by atoms with E-state index < -0.39 is 11.6 Å². The van der Waals surface area contributed by atoms with E-state index in [9.17, 15) is 13.6 Å². The Labute approximate surface area is 118 Å². The third kappa shape index (κ3) is 3.46. The summed E-state index contributed by atoms with van der Waals surface area (Å²) in [5.41, 5.74) is 0.153. The fourth-order valence-electron chi connectivity index (χ4n) is 2.72. The first-order chi connectivity index (χ1) is 9.47. The summed E-state index contributed by atoms with van der Waals surface area (Å²) < 4.78 is 26.2. The molecule has 1 N–H and O–H groups in total. The summed E-state index contributed by atoms with van der Waals surface area (Å²) in [4.78, 5) is 14.0. The molecule has 1 fully saturated rings. The average Bonchev–Trinajstić information content (AvgIpc) is 2.37. The smallest absolute Gasteiger partial charge is 0.321 e. The molecule has 2 amide bonds. The Balaban J connectivity index is 2.09. The number of hydrogen-bond donors (Lipinski definition) is 1. The molecule has 0 unspecified atom stereocenters. The number of nitrogens with one attached hydrogen (secondary N) is 1. The van der Waals surface area contributed by atoms with Crippen molar-refractivity contribution in [3.63, 3.8) is 0 Å². The Hall–Kier alpha value is -1.65. The summed E-state index contributed by atoms with van der Waals surface area (Å²) in [6.07, 6.45) is 3.05. The zero-order chi connectivity index (χ0) is 14.7. The maximum Gasteiger partial charge on any atom is 0.322 e. The van der Waals surface area contributed by atoms with E-state index in [0.717, 1.165) is 37.5 Å². The van der Waals surface area contributed by atoms with Gasteiger partial charge in [0.25, 0.3) is 0 Å². The van der Waals surface area contributed by atoms with E-state index in [-0.39, 0.29) is 17.8 Å². The molecular weight excluding hydrogens is 262 g/mol. The summed E-state index contributed by atoms with van der Waals surface area (Å²) in [5.74, 6) is -1.02. The fraction of sp³-hybridized carbons (Fsp3) is 0.533. The zero-order valence-corrected chi connectivity index (χ0v) is 11.8. The van der Waals surface area contributed by atoms with E-state index in [2.05, 4.69) is 19.2 Å². The van der Waals surface area contributed by atoms with Gasteiger partial charge in [-0.25, -0.2) is 13.6 Å². The van der Waals surface area contributed by atoms with Crippen LogP contribution in [0.25, 0.3) is 0 Å². The van der Waals surface area contributed by atoms with E-state index in [1.807, 2.05) is 0 Å². The highest BCUT2D eigenvalue weighted by Gasteiger charge is 2.28. The van der Waals surface area contributed by atoms with Crippen LogP contribution in [0.3, 0.4) is 0 Å². The summed E-state index contributed by atoms with van der Waals surface area (Å²) >= 11 is 0. The van der Waals surface area contributed by atoms with Crippen LogP contribution in [0, 0.1) is 17.6 Å². The Morgan fingerprint density at radius 2 is 1.90 bits per heavy atom. The second-order valence-corrected chi connectivity index (χ2v) is 5.59. The molecule has 5 heteroatoms. The second kappa shape index (κ2) is 6.20. The average molecular weight is 282 g/mol. The van der Waals surface area contributed by atoms with Gasteiger partial charge in [0.2, 0.25) is 0 Å². The number of piperidine rings is 1. The lowest BCUT2D eigenvalue weighted by molar-refractivity contribution is 0.138. The van der Waals surface area contributed by atoms with Crippen LogP contribution in [0.4, 0.5) is 19.3 Å². The van der Waals surface area contributed by atoms with E-state index in [1.165, 1.54) is 0 Å². The van der Waals surface area contributed by atoms with E-state index in [1.54, 1.807) is 4.90 Å². The first-order valence-electron chi connectivity index (χ1n) is 7.01. The van der Waals surface area contributed by atoms with Crippen LogP contribution in [0.5, 0.6) is 0 Å². The van der Waals surface area contributed by atoms with E-state index in [0.29, 0.717) is 12.5 Å². The van der Waals surface area contributed by atoms with Crippen LogP contribution in [-0.2, 0) is 0 Å². The van der Waals surface area contributed by atoms with Crippen molar-refractivity contribution >= 4 is 11.7 Å². The second-order valence-electron chi connectivity index (χ2n) is 5.59. The minimum atomic E-state index is -0.695. The standard InChI is InChI=1S/C15H20F2N2O/c1-10(2)14-5-3-4-6-19(14)15(20)18-13-8-11(16)7-12(17)9-13/h7-10,14H,3-6H2,1-2H3,(H,18,20)/t14-/m1/s1. The van der Waals surface area contributed by atoms with Crippen LogP contribution >= 0.6 is 0 Å². The monoisotopic (exact) mass is 282 g/mol. The van der Waals surface area contributed by atoms with Gasteiger partial charge in [-0.3, -0.25) is 0 Å². The lowest BCUT2D eigenvalue weighted by Crippen LogP contribution is -2.48. The Morgan fingerprint density at radius 1 is 1.25 bits per heavy atom. The summed E-state index contributed by atoms with van der Waals surface area (Å²) in [6.45, 7) is 4.85. The molecule has 0 spiro atoms. The Kier molecular flexibility index (Phi) is 4.57. The van der Waals surface area contributed by atoms with Crippen LogP contribution in [0.2, 0.25) is 0 Å². The quantitative estimate of drug-likeness (QED) is 0.873. The molecule has 2 rings (SSSR count). The van der Waals surface area contributed by atoms with Gasteiger partial charge in [-0.1, -0.05) is 13.8 Å². The van der Waals surface area contributed by atoms with Crippen molar-refractivity contribution in [1.29, 1.82) is 0 Å². The molecule has 0 aliphatic carbocycles. The molecule has 1 aliphatic heterocycles. The van der Waals surface area contributed by atoms with E-state index in [4.69, 9.17) is 0 Å². The van der Waals surface area contributed by atoms with Crippen molar-refractivity contribution in [2.24, 2.45) is 5.92 Å². The molecule has 1 aromatic rings. The molecule has 1 heterocycles. The molecule has 0 radical (unpaired) electrons. The Bertz CT molecular complexity index is 471. The lowest BCUT2D eigenvalue weighted by atomic mass is 9.93. The SMILES string of the molecule is CC(C)[C@H]1CCCCN1C(=O)Nc1cc(F)cc(F)c1. The molecule has 3 nitrogen and oxygen atoms in total. The van der Waals surface area contributed by atoms with Gasteiger partial charge in [-0.05, 0) is 37.3 Å². The predicted molar refractivity (Wildman–Crippen MR) is 74.6 cm³/mol. The molecule has 0 bridgehead atoms. The van der Waals surface area contributed by atoms with Crippen molar-refractivity contribution in [2.75, 3.05) is 11.9 Å². The number of carbonyl (C=O) groups excluding carboxylic acids is 1. The van der Waals surface area contributed by atoms with Gasteiger partial charge in [-0.15, -0.1) is 0 Å². The third-order valence-corrected chi connectivity index (χ3v) is 3.69. The van der Waals surface area contributed by atoms with Gasteiger partial charge < -0.3 is 10.2 Å². The molecule has 1 aromatic carbocycles. The zero-order valence-electron chi connectivity index (χ0n) is 11.8. The highest BCUT2D eigenvalue weighted by Crippen LogP contribution is 2.24. The minimum Gasteiger partial charge on any atom is -0.321 e. The Morgan fingerprint density at radius 3 is 2.50 bits per heavy atom. The van der Waals surface area contributed by atoms with Crippen LogP contribution in [-0.4, -0.2) is 23.5 Å². The maximum atomic E-state index is 13.1. The number of likely N-dealkylation sites (tertiary alicyclic amines) is 1. The number of nitrogens with zero attached hydrogens (tertiary/aromatic N) is 1. The lowest BCUT2D eigenvalue weighted by Gasteiger charge is -2.38. The number of benzene rings is 1. The first-order valence-corrected chi connectivity index (χ1v) is 7.01. The van der Waals surface area contributed by atoms with Gasteiger partial charge >= 0.3 is 6.03 Å². The van der Waals surface area contributed by atoms with Crippen molar-refractivity contribution in [3.05, 3.63) is 29.8 Å². The largest absolute Gasteiger partial charge is 0.322 e. The van der Waals surface area contributed by atoms with Gasteiger partial charge in [0, 0.05) is 24.3 Å². The maximum absolute atomic E-state index is 13.1. The summed E-state index contributed by atoms with van der Waals surface area (Å²) in [5, 5.41) is 2.59. The molecule has 1 atom stereocenters. The molecule has 0 aromatic heterocycles. The summed E-state index contributed by atoms with van der Waals surface area (Å²) in [6, 6.07) is 2.92. The number of carbonyl (C=O) groups is 1. The molecule has 1 aliphatic rings. The minimum absolute atomic E-state index is 0.153. The number of amides is 2. The van der Waals surface area contributed by atoms with Crippen molar-refractivity contribution < 1.29 is 13.6 Å².